The summed E-state index contributed by atoms with van der Waals surface area (Å²) in [6, 6.07) is 16.8. The molecule has 1 aliphatic carbocycles. The normalized spacial score (nSPS) is 19.5. The Balaban J connectivity index is 1.28. The molecule has 0 bridgehead atoms. The molecule has 14 nitrogen and oxygen atoms in total. The monoisotopic (exact) mass is 874 g/mol. The minimum Gasteiger partial charge on any atom is -0.777 e. The summed E-state index contributed by atoms with van der Waals surface area (Å²) >= 11 is 0. The smallest absolute Gasteiger partial charge is 0.333 e. The summed E-state index contributed by atoms with van der Waals surface area (Å²) in [4.78, 5) is 83.1. The largest absolute Gasteiger partial charge is 0.777 e. The van der Waals surface area contributed by atoms with Crippen molar-refractivity contribution in [2.45, 2.75) is 109 Å². The third kappa shape index (κ3) is 11.7. The van der Waals surface area contributed by atoms with E-state index in [9.17, 15) is 37.5 Å². The Morgan fingerprint density at radius 1 is 0.887 bits per heavy atom. The van der Waals surface area contributed by atoms with Crippen LogP contribution in [0.5, 0.6) is 17.2 Å². The number of amides is 2. The van der Waals surface area contributed by atoms with Crippen LogP contribution in [0.4, 0.5) is 0 Å². The molecular weight excluding hydrogens is 819 g/mol. The number of hydroxylamine groups is 2. The molecule has 0 aromatic heterocycles. The zero-order chi connectivity index (χ0) is 45.3. The molecule has 1 saturated carbocycles. The molecular formula is C47H56NO13S-. The van der Waals surface area contributed by atoms with Gasteiger partial charge in [0, 0.05) is 18.3 Å². The van der Waals surface area contributed by atoms with E-state index in [1.165, 1.54) is 0 Å². The van der Waals surface area contributed by atoms with Crippen LogP contribution in [0, 0.1) is 32.6 Å². The number of carbonyl (C=O) groups is 6. The van der Waals surface area contributed by atoms with E-state index in [1.54, 1.807) is 32.4 Å². The van der Waals surface area contributed by atoms with Crippen LogP contribution in [0.25, 0.3) is 0 Å². The van der Waals surface area contributed by atoms with Gasteiger partial charge in [-0.25, -0.2) is 4.79 Å². The van der Waals surface area contributed by atoms with Gasteiger partial charge in [0.2, 0.25) is 0 Å². The summed E-state index contributed by atoms with van der Waals surface area (Å²) in [6.45, 7) is 7.51. The molecule has 3 aromatic rings. The van der Waals surface area contributed by atoms with Gasteiger partial charge < -0.3 is 28.3 Å². The zero-order valence-corrected chi connectivity index (χ0v) is 37.0. The number of nitrogens with zero attached hydrogens (tertiary/aromatic N) is 1. The number of Topliss-reactive ketones (excluding diaryl/α,β-unsaturated/α-hetero) is 2. The first-order valence-corrected chi connectivity index (χ1v) is 22.6. The number of carbonyl (C=O) groups excluding carboxylic acids is 6. The molecule has 2 amide bonds. The molecule has 5 rings (SSSR count). The molecule has 1 aliphatic heterocycles. The lowest BCUT2D eigenvalue weighted by molar-refractivity contribution is -0.197. The molecule has 2 aliphatic rings. The van der Waals surface area contributed by atoms with Crippen LogP contribution >= 0.6 is 0 Å². The van der Waals surface area contributed by atoms with Gasteiger partial charge in [-0.05, 0) is 104 Å². The van der Waals surface area contributed by atoms with Gasteiger partial charge in [0.25, 0.3) is 11.8 Å². The van der Waals surface area contributed by atoms with Crippen LogP contribution < -0.4 is 14.2 Å². The molecule has 3 unspecified atom stereocenters. The van der Waals surface area contributed by atoms with Gasteiger partial charge in [-0.2, -0.15) is 0 Å². The van der Waals surface area contributed by atoms with Crippen molar-refractivity contribution in [2.75, 3.05) is 20.8 Å². The second-order valence-corrected chi connectivity index (χ2v) is 18.0. The van der Waals surface area contributed by atoms with Crippen molar-refractivity contribution in [2.24, 2.45) is 11.8 Å². The van der Waals surface area contributed by atoms with Crippen molar-refractivity contribution in [3.63, 3.8) is 0 Å². The van der Waals surface area contributed by atoms with Crippen LogP contribution in [0.3, 0.4) is 0 Å². The lowest BCUT2D eigenvalue weighted by atomic mass is 9.72. The Kier molecular flexibility index (Phi) is 16.1. The fourth-order valence-corrected chi connectivity index (χ4v) is 8.96. The quantitative estimate of drug-likeness (QED) is 0.0673. The number of esters is 1. The van der Waals surface area contributed by atoms with E-state index in [2.05, 4.69) is 18.0 Å². The Morgan fingerprint density at radius 3 is 2.26 bits per heavy atom. The van der Waals surface area contributed by atoms with Gasteiger partial charge >= 0.3 is 11.9 Å². The number of rotatable bonds is 20. The highest BCUT2D eigenvalue weighted by molar-refractivity contribution is 7.96. The number of hydrogen-bond donors (Lipinski definition) is 0. The number of hydrogen-bond acceptors (Lipinski definition) is 13. The maximum atomic E-state index is 14.4. The topological polar surface area (TPSA) is 192 Å². The van der Waals surface area contributed by atoms with Crippen molar-refractivity contribution in [3.05, 3.63) is 88.0 Å². The third-order valence-electron chi connectivity index (χ3n) is 11.7. The van der Waals surface area contributed by atoms with E-state index < -0.39 is 87.9 Å². The molecule has 0 radical (unpaired) electrons. The lowest BCUT2D eigenvalue weighted by Gasteiger charge is -2.33. The fraction of sp³-hybridized carbons (Fsp3) is 0.468. The first kappa shape index (κ1) is 47.5. The summed E-state index contributed by atoms with van der Waals surface area (Å²) < 4.78 is 46.7. The average Bonchev–Trinajstić information content (AvgIpc) is 3.53. The van der Waals surface area contributed by atoms with Gasteiger partial charge in [0.15, 0.2) is 17.3 Å². The highest BCUT2D eigenvalue weighted by atomic mass is 32.2. The number of methoxy groups -OCH3 is 2. The summed E-state index contributed by atoms with van der Waals surface area (Å²) in [5.41, 5.74) is 5.65. The summed E-state index contributed by atoms with van der Waals surface area (Å²) in [6.07, 6.45) is 1.96. The molecule has 0 N–H and O–H groups in total. The van der Waals surface area contributed by atoms with Crippen molar-refractivity contribution < 1.29 is 61.3 Å². The van der Waals surface area contributed by atoms with Crippen molar-refractivity contribution in [3.8, 4) is 17.2 Å². The fourth-order valence-electron chi connectivity index (χ4n) is 8.16. The Bertz CT molecular complexity index is 2290. The highest BCUT2D eigenvalue weighted by Crippen LogP contribution is 2.41. The van der Waals surface area contributed by atoms with E-state index in [1.807, 2.05) is 52.0 Å². The Hall–Kier alpha value is -5.54. The SMILES string of the molecule is C=S(=O)([O-])C1CC(=O)N(OC(=O)CCC(=O)COc2cccc([C@@H](CCc3ccc(C)c(C)c3)OC(=O)[C@@H]3CCCCC3C(=O)[C@@H](CC)c3cc(C)c(OC)c(OC)c3)c2)C1=O. The Labute approximate surface area is 363 Å². The number of aryl methyl sites for hydroxylation is 4. The first-order chi connectivity index (χ1) is 29.4. The van der Waals surface area contributed by atoms with Gasteiger partial charge in [0.05, 0.1) is 33.0 Å². The minimum atomic E-state index is -4.14. The molecule has 3 aromatic carbocycles. The zero-order valence-electron chi connectivity index (χ0n) is 36.2. The van der Waals surface area contributed by atoms with Crippen molar-refractivity contribution in [1.82, 2.24) is 5.06 Å². The maximum absolute atomic E-state index is 14.4. The second-order valence-electron chi connectivity index (χ2n) is 16.1. The van der Waals surface area contributed by atoms with Crippen LogP contribution in [0.2, 0.25) is 0 Å². The summed E-state index contributed by atoms with van der Waals surface area (Å²) in [5, 5.41) is -1.64. The lowest BCUT2D eigenvalue weighted by Crippen LogP contribution is -2.37. The standard InChI is InChI=1S/C47H57NO13S/c1-8-36(33-23-30(4)45(58-6)40(25-33)57-5)44(52)37-14-9-10-15-38(37)47(54)60-39(20-18-31-17-16-28(2)29(3)22-31)32-12-11-13-35(24-32)59-27-34(49)19-21-43(51)61-48-42(50)26-41(46(48)53)62(7,55)56/h11-13,16-17,22-25,36-39,41H,7-10,14-15,18-21,26-27H2,1-6H3,(H,55,56)/p-1/t36-,37?,38+,39+,41?/m0/s1. The van der Waals surface area contributed by atoms with Crippen molar-refractivity contribution >= 4 is 51.0 Å². The molecule has 2 fully saturated rings. The molecule has 0 spiro atoms. The van der Waals surface area contributed by atoms with Gasteiger partial charge in [-0.3, -0.25) is 28.2 Å². The average molecular weight is 875 g/mol. The maximum Gasteiger partial charge on any atom is 0.333 e. The molecule has 6 atom stereocenters. The molecule has 334 valence electrons. The summed E-state index contributed by atoms with van der Waals surface area (Å²) in [7, 11) is -1.01. The van der Waals surface area contributed by atoms with E-state index >= 15 is 0 Å². The van der Waals surface area contributed by atoms with Crippen LogP contribution in [-0.4, -0.2) is 81.1 Å². The molecule has 1 saturated heterocycles. The molecule has 15 heteroatoms. The van der Waals surface area contributed by atoms with E-state index in [-0.39, 0.29) is 17.3 Å². The highest BCUT2D eigenvalue weighted by Gasteiger charge is 2.43. The van der Waals surface area contributed by atoms with Crippen molar-refractivity contribution in [1.29, 1.82) is 0 Å². The van der Waals surface area contributed by atoms with Crippen LogP contribution in [0.15, 0.2) is 54.6 Å². The molecule has 62 heavy (non-hydrogen) atoms. The van der Waals surface area contributed by atoms with E-state index in [0.29, 0.717) is 54.9 Å². The predicted molar refractivity (Wildman–Crippen MR) is 229 cm³/mol. The van der Waals surface area contributed by atoms with E-state index in [4.69, 9.17) is 23.8 Å². The minimum absolute atomic E-state index is 0.00284. The predicted octanol–water partition coefficient (Wildman–Crippen LogP) is 6.58. The number of ketones is 2. The third-order valence-corrected chi connectivity index (χ3v) is 13.0. The van der Waals surface area contributed by atoms with Gasteiger partial charge in [0.1, 0.15) is 29.5 Å². The van der Waals surface area contributed by atoms with Crippen LogP contribution in [0.1, 0.15) is 110 Å². The van der Waals surface area contributed by atoms with E-state index in [0.717, 1.165) is 40.7 Å². The second kappa shape index (κ2) is 21.0. The Morgan fingerprint density at radius 2 is 1.61 bits per heavy atom. The number of benzene rings is 3. The van der Waals surface area contributed by atoms with Gasteiger partial charge in [-0.15, -0.1) is 5.06 Å². The number of ether oxygens (including phenoxy) is 4. The van der Waals surface area contributed by atoms with Gasteiger partial charge in [-0.1, -0.05) is 71.8 Å². The van der Waals surface area contributed by atoms with Crippen LogP contribution in [-0.2, 0) is 54.6 Å². The number of imide groups is 1. The molecule has 1 heterocycles. The summed E-state index contributed by atoms with van der Waals surface area (Å²) in [5.74, 6) is -1.54. The first-order valence-electron chi connectivity index (χ1n) is 20.9.